The quantitative estimate of drug-likeness (QED) is 0.600. The monoisotopic (exact) mass is 232 g/mol. The Balaban J connectivity index is 0.000000437. The van der Waals surface area contributed by atoms with Crippen molar-refractivity contribution in [1.29, 1.82) is 0 Å². The van der Waals surface area contributed by atoms with Crippen LogP contribution in [0.1, 0.15) is 0 Å². The van der Waals surface area contributed by atoms with E-state index in [9.17, 15) is 0 Å². The van der Waals surface area contributed by atoms with E-state index in [0.717, 1.165) is 0 Å². The Hall–Kier alpha value is -2.00. The maximum atomic E-state index is 5.09. The van der Waals surface area contributed by atoms with Gasteiger partial charge in [0.2, 0.25) is 0 Å². The molecule has 0 aliphatic rings. The number of benzene rings is 2. The van der Waals surface area contributed by atoms with Crippen LogP contribution < -0.4 is 9.78 Å². The van der Waals surface area contributed by atoms with Crippen molar-refractivity contribution in [1.82, 2.24) is 0 Å². The van der Waals surface area contributed by atoms with Gasteiger partial charge in [-0.05, 0) is 24.3 Å². The molecular formula is C14H16O3. The van der Waals surface area contributed by atoms with Crippen LogP contribution in [0.3, 0.4) is 0 Å². The Morgan fingerprint density at radius 1 is 0.588 bits per heavy atom. The van der Waals surface area contributed by atoms with Crippen LogP contribution in [0, 0.1) is 0 Å². The van der Waals surface area contributed by atoms with Crippen LogP contribution in [0.2, 0.25) is 0 Å². The third-order valence-corrected chi connectivity index (χ3v) is 1.72. The van der Waals surface area contributed by atoms with Crippen molar-refractivity contribution >= 4 is 0 Å². The van der Waals surface area contributed by atoms with Gasteiger partial charge in [-0.25, -0.2) is 0 Å². The summed E-state index contributed by atoms with van der Waals surface area (Å²) >= 11 is 0. The Morgan fingerprint density at radius 3 is 1.18 bits per heavy atom. The van der Waals surface area contributed by atoms with Gasteiger partial charge in [-0.3, -0.25) is 9.78 Å². The van der Waals surface area contributed by atoms with Crippen LogP contribution in [-0.2, 0) is 4.74 Å². The van der Waals surface area contributed by atoms with Crippen molar-refractivity contribution < 1.29 is 14.5 Å². The van der Waals surface area contributed by atoms with E-state index < -0.39 is 0 Å². The highest BCUT2D eigenvalue weighted by Gasteiger charge is 1.94. The molecule has 90 valence electrons. The zero-order valence-electron chi connectivity index (χ0n) is 10.00. The Morgan fingerprint density at radius 2 is 0.882 bits per heavy atom. The molecule has 0 heterocycles. The first-order chi connectivity index (χ1) is 8.36. The Labute approximate surface area is 101 Å². The van der Waals surface area contributed by atoms with E-state index in [1.807, 2.05) is 60.7 Å². The van der Waals surface area contributed by atoms with E-state index in [0.29, 0.717) is 11.5 Å². The van der Waals surface area contributed by atoms with Crippen LogP contribution in [0.5, 0.6) is 11.5 Å². The molecule has 0 saturated heterocycles. The molecule has 3 heteroatoms. The number of rotatable bonds is 3. The molecule has 2 rings (SSSR count). The minimum Gasteiger partial charge on any atom is -0.388 e. The zero-order valence-corrected chi connectivity index (χ0v) is 10.00. The third-order valence-electron chi connectivity index (χ3n) is 1.72. The van der Waals surface area contributed by atoms with Crippen molar-refractivity contribution in [2.45, 2.75) is 0 Å². The first-order valence-corrected chi connectivity index (χ1v) is 5.21. The van der Waals surface area contributed by atoms with Crippen molar-refractivity contribution in [3.8, 4) is 11.5 Å². The highest BCUT2D eigenvalue weighted by atomic mass is 17.2. The second-order valence-electron chi connectivity index (χ2n) is 3.20. The SMILES string of the molecule is COC.c1ccc(OOc2ccccc2)cc1. The second kappa shape index (κ2) is 8.19. The summed E-state index contributed by atoms with van der Waals surface area (Å²) < 4.78 is 4.25. The van der Waals surface area contributed by atoms with E-state index in [1.54, 1.807) is 14.2 Å². The molecule has 0 spiro atoms. The molecule has 2 aromatic carbocycles. The molecule has 0 unspecified atom stereocenters. The Bertz CT molecular complexity index is 347. The lowest BCUT2D eigenvalue weighted by Crippen LogP contribution is -1.99. The molecule has 2 aromatic rings. The smallest absolute Gasteiger partial charge is 0.178 e. The first kappa shape index (κ1) is 13.1. The molecule has 0 radical (unpaired) electrons. The summed E-state index contributed by atoms with van der Waals surface area (Å²) in [6, 6.07) is 18.8. The molecule has 0 bridgehead atoms. The summed E-state index contributed by atoms with van der Waals surface area (Å²) in [5, 5.41) is 0. The number of hydrogen-bond donors (Lipinski definition) is 0. The summed E-state index contributed by atoms with van der Waals surface area (Å²) in [6.45, 7) is 0. The van der Waals surface area contributed by atoms with Crippen LogP contribution >= 0.6 is 0 Å². The van der Waals surface area contributed by atoms with Crippen LogP contribution in [0.15, 0.2) is 60.7 Å². The van der Waals surface area contributed by atoms with Gasteiger partial charge in [-0.1, -0.05) is 36.4 Å². The summed E-state index contributed by atoms with van der Waals surface area (Å²) in [5.41, 5.74) is 0. The van der Waals surface area contributed by atoms with Crippen LogP contribution in [0.25, 0.3) is 0 Å². The van der Waals surface area contributed by atoms with Crippen molar-refractivity contribution in [2.24, 2.45) is 0 Å². The minimum atomic E-state index is 0.691. The number of para-hydroxylation sites is 2. The fourth-order valence-corrected chi connectivity index (χ4v) is 1.05. The number of methoxy groups -OCH3 is 1. The number of hydrogen-bond acceptors (Lipinski definition) is 3. The largest absolute Gasteiger partial charge is 0.388 e. The topological polar surface area (TPSA) is 27.7 Å². The van der Waals surface area contributed by atoms with E-state index in [-0.39, 0.29) is 0 Å². The molecule has 3 nitrogen and oxygen atoms in total. The number of ether oxygens (including phenoxy) is 1. The van der Waals surface area contributed by atoms with Gasteiger partial charge in [0.25, 0.3) is 0 Å². The molecule has 0 aromatic heterocycles. The fraction of sp³-hybridized carbons (Fsp3) is 0.143. The highest BCUT2D eigenvalue weighted by molar-refractivity contribution is 5.23. The van der Waals surface area contributed by atoms with Crippen LogP contribution in [-0.4, -0.2) is 14.2 Å². The summed E-state index contributed by atoms with van der Waals surface area (Å²) in [6.07, 6.45) is 0. The molecule has 17 heavy (non-hydrogen) atoms. The summed E-state index contributed by atoms with van der Waals surface area (Å²) in [5.74, 6) is 1.38. The van der Waals surface area contributed by atoms with Crippen molar-refractivity contribution in [3.63, 3.8) is 0 Å². The van der Waals surface area contributed by atoms with Gasteiger partial charge < -0.3 is 4.74 Å². The third kappa shape index (κ3) is 5.58. The lowest BCUT2D eigenvalue weighted by molar-refractivity contribution is -0.0999. The van der Waals surface area contributed by atoms with E-state index in [2.05, 4.69) is 4.74 Å². The average molecular weight is 232 g/mol. The van der Waals surface area contributed by atoms with Gasteiger partial charge >= 0.3 is 0 Å². The summed E-state index contributed by atoms with van der Waals surface area (Å²) in [4.78, 5) is 10.2. The lowest BCUT2D eigenvalue weighted by Gasteiger charge is -2.04. The molecule has 0 N–H and O–H groups in total. The molecule has 0 aliphatic heterocycles. The zero-order chi connectivity index (χ0) is 12.3. The van der Waals surface area contributed by atoms with Gasteiger partial charge in [0.05, 0.1) is 0 Å². The van der Waals surface area contributed by atoms with Crippen molar-refractivity contribution in [3.05, 3.63) is 60.7 Å². The molecule has 0 amide bonds. The van der Waals surface area contributed by atoms with Gasteiger partial charge in [0.1, 0.15) is 0 Å². The summed E-state index contributed by atoms with van der Waals surface area (Å²) in [7, 11) is 3.25. The van der Waals surface area contributed by atoms with E-state index in [4.69, 9.17) is 9.78 Å². The standard InChI is InChI=1S/C12H10O2.C2H6O/c1-3-7-11(8-4-1)13-14-12-9-5-2-6-10-12;1-3-2/h1-10H;1-2H3. The fourth-order valence-electron chi connectivity index (χ4n) is 1.05. The molecule has 0 saturated carbocycles. The van der Waals surface area contributed by atoms with Gasteiger partial charge in [-0.15, -0.1) is 0 Å². The Kier molecular flexibility index (Phi) is 6.29. The second-order valence-corrected chi connectivity index (χ2v) is 3.20. The molecule has 0 aliphatic carbocycles. The predicted molar refractivity (Wildman–Crippen MR) is 67.1 cm³/mol. The highest BCUT2D eigenvalue weighted by Crippen LogP contribution is 2.13. The van der Waals surface area contributed by atoms with E-state index >= 15 is 0 Å². The average Bonchev–Trinajstić information content (AvgIpc) is 2.40. The first-order valence-electron chi connectivity index (χ1n) is 5.21. The maximum absolute atomic E-state index is 5.09. The maximum Gasteiger partial charge on any atom is 0.178 e. The van der Waals surface area contributed by atoms with Gasteiger partial charge in [0, 0.05) is 14.2 Å². The van der Waals surface area contributed by atoms with Crippen molar-refractivity contribution in [2.75, 3.05) is 14.2 Å². The van der Waals surface area contributed by atoms with Gasteiger partial charge in [-0.2, -0.15) is 0 Å². The van der Waals surface area contributed by atoms with Gasteiger partial charge in [0.15, 0.2) is 11.5 Å². The molecule has 0 fully saturated rings. The normalized spacial score (nSPS) is 8.82. The molecular weight excluding hydrogens is 216 g/mol. The van der Waals surface area contributed by atoms with E-state index in [1.165, 1.54) is 0 Å². The van der Waals surface area contributed by atoms with Crippen LogP contribution in [0.4, 0.5) is 0 Å². The minimum absolute atomic E-state index is 0.691. The molecule has 0 atom stereocenters. The lowest BCUT2D eigenvalue weighted by atomic mass is 10.3. The predicted octanol–water partition coefficient (Wildman–Crippen LogP) is 3.32.